The lowest BCUT2D eigenvalue weighted by molar-refractivity contribution is -0.118. The number of hydrogen-bond acceptors (Lipinski definition) is 3. The number of ketones is 1. The molecule has 1 heterocycles. The molecule has 1 aliphatic heterocycles. The average Bonchev–Trinajstić information content (AvgIpc) is 2.62. The zero-order valence-electron chi connectivity index (χ0n) is 13.7. The fraction of sp³-hybridized carbons (Fsp3) is 0.765. The van der Waals surface area contributed by atoms with E-state index in [2.05, 4.69) is 12.2 Å². The van der Waals surface area contributed by atoms with Crippen LogP contribution in [0.5, 0.6) is 0 Å². The van der Waals surface area contributed by atoms with E-state index in [1.165, 1.54) is 44.8 Å². The van der Waals surface area contributed by atoms with Gasteiger partial charge in [0, 0.05) is 0 Å². The number of ether oxygens (including phenoxy) is 1. The third kappa shape index (κ3) is 5.90. The molecule has 120 valence electrons. The maximum absolute atomic E-state index is 11.9. The van der Waals surface area contributed by atoms with Crippen LogP contribution in [0, 0.1) is 0 Å². The van der Waals surface area contributed by atoms with Crippen LogP contribution < -0.4 is 5.32 Å². The van der Waals surface area contributed by atoms with Crippen molar-refractivity contribution in [3.63, 3.8) is 0 Å². The molecule has 0 aromatic carbocycles. The summed E-state index contributed by atoms with van der Waals surface area (Å²) < 4.78 is 5.35. The zero-order valence-corrected chi connectivity index (χ0v) is 13.7. The van der Waals surface area contributed by atoms with Crippen LogP contribution in [-0.2, 0) is 14.3 Å². The predicted octanol–water partition coefficient (Wildman–Crippen LogP) is 3.51. The Bertz CT molecular complexity index is 385. The first-order valence-electron chi connectivity index (χ1n) is 8.18. The smallest absolute Gasteiger partial charge is 0.258 e. The van der Waals surface area contributed by atoms with Crippen molar-refractivity contribution in [3.05, 3.63) is 11.8 Å². The van der Waals surface area contributed by atoms with Crippen molar-refractivity contribution in [2.75, 3.05) is 6.61 Å². The molecular weight excluding hydrogens is 266 g/mol. The van der Waals surface area contributed by atoms with Gasteiger partial charge in [-0.2, -0.15) is 0 Å². The number of hydrogen-bond donors (Lipinski definition) is 1. The van der Waals surface area contributed by atoms with Crippen molar-refractivity contribution >= 4 is 11.7 Å². The molecule has 0 aliphatic carbocycles. The second kappa shape index (κ2) is 8.85. The van der Waals surface area contributed by atoms with Crippen molar-refractivity contribution in [1.82, 2.24) is 5.32 Å². The Morgan fingerprint density at radius 1 is 1.00 bits per heavy atom. The number of unbranched alkanes of at least 4 members (excludes halogenated alkanes) is 7. The van der Waals surface area contributed by atoms with Gasteiger partial charge in [-0.1, -0.05) is 51.9 Å². The monoisotopic (exact) mass is 295 g/mol. The van der Waals surface area contributed by atoms with Gasteiger partial charge in [-0.25, -0.2) is 0 Å². The van der Waals surface area contributed by atoms with Gasteiger partial charge in [0.25, 0.3) is 5.91 Å². The Labute approximate surface area is 128 Å². The molecule has 0 aromatic rings. The minimum Gasteiger partial charge on any atom is -0.500 e. The number of carbonyl (C=O) groups is 2. The first-order chi connectivity index (χ1) is 9.99. The van der Waals surface area contributed by atoms with Gasteiger partial charge < -0.3 is 10.1 Å². The molecule has 21 heavy (non-hydrogen) atoms. The van der Waals surface area contributed by atoms with Crippen LogP contribution in [0.15, 0.2) is 11.8 Å². The van der Waals surface area contributed by atoms with Crippen LogP contribution in [0.25, 0.3) is 0 Å². The molecule has 1 N–H and O–H groups in total. The maximum Gasteiger partial charge on any atom is 0.258 e. The lowest BCUT2D eigenvalue weighted by Crippen LogP contribution is -2.39. The van der Waals surface area contributed by atoms with Crippen LogP contribution in [0.1, 0.15) is 72.1 Å². The van der Waals surface area contributed by atoms with Gasteiger partial charge in [0.1, 0.15) is 5.57 Å². The van der Waals surface area contributed by atoms with E-state index >= 15 is 0 Å². The molecule has 1 rings (SSSR count). The van der Waals surface area contributed by atoms with E-state index in [-0.39, 0.29) is 17.3 Å². The zero-order chi connectivity index (χ0) is 15.7. The third-order valence-electron chi connectivity index (χ3n) is 3.80. The SMILES string of the molecule is CCCCCCCCCCOC=C1C(=O)NC(C)(C)C1=O. The highest BCUT2D eigenvalue weighted by Crippen LogP contribution is 2.19. The third-order valence-corrected chi connectivity index (χ3v) is 3.80. The lowest BCUT2D eigenvalue weighted by Gasteiger charge is -2.13. The van der Waals surface area contributed by atoms with Crippen molar-refractivity contribution in [2.45, 2.75) is 77.7 Å². The van der Waals surface area contributed by atoms with Gasteiger partial charge >= 0.3 is 0 Å². The molecule has 4 nitrogen and oxygen atoms in total. The van der Waals surface area contributed by atoms with E-state index in [1.54, 1.807) is 13.8 Å². The van der Waals surface area contributed by atoms with E-state index in [1.807, 2.05) is 0 Å². The van der Waals surface area contributed by atoms with Gasteiger partial charge in [-0.05, 0) is 20.3 Å². The normalized spacial score (nSPS) is 19.1. The summed E-state index contributed by atoms with van der Waals surface area (Å²) in [4.78, 5) is 23.5. The summed E-state index contributed by atoms with van der Waals surface area (Å²) >= 11 is 0. The quantitative estimate of drug-likeness (QED) is 0.290. The number of amides is 1. The maximum atomic E-state index is 11.9. The van der Waals surface area contributed by atoms with Crippen molar-refractivity contribution in [3.8, 4) is 0 Å². The summed E-state index contributed by atoms with van der Waals surface area (Å²) in [5.41, 5.74) is -0.662. The number of carbonyl (C=O) groups excluding carboxylic acids is 2. The second-order valence-electron chi connectivity index (χ2n) is 6.29. The molecule has 0 spiro atoms. The fourth-order valence-corrected chi connectivity index (χ4v) is 2.42. The molecule has 0 radical (unpaired) electrons. The van der Waals surface area contributed by atoms with Crippen molar-refractivity contribution in [1.29, 1.82) is 0 Å². The van der Waals surface area contributed by atoms with Crippen molar-refractivity contribution < 1.29 is 14.3 Å². The van der Waals surface area contributed by atoms with Crippen LogP contribution in [0.2, 0.25) is 0 Å². The van der Waals surface area contributed by atoms with E-state index in [9.17, 15) is 9.59 Å². The van der Waals surface area contributed by atoms with Gasteiger partial charge in [-0.15, -0.1) is 0 Å². The molecule has 4 heteroatoms. The summed E-state index contributed by atoms with van der Waals surface area (Å²) in [7, 11) is 0. The molecule has 0 aromatic heterocycles. The second-order valence-corrected chi connectivity index (χ2v) is 6.29. The summed E-state index contributed by atoms with van der Waals surface area (Å²) in [6.45, 7) is 6.20. The molecule has 1 aliphatic rings. The Hall–Kier alpha value is -1.32. The van der Waals surface area contributed by atoms with E-state index < -0.39 is 5.54 Å². The Kier molecular flexibility index (Phi) is 7.48. The van der Waals surface area contributed by atoms with Crippen LogP contribution in [0.3, 0.4) is 0 Å². The van der Waals surface area contributed by atoms with E-state index in [0.717, 1.165) is 12.8 Å². The molecule has 0 bridgehead atoms. The molecular formula is C17H29NO3. The van der Waals surface area contributed by atoms with Gasteiger partial charge in [0.15, 0.2) is 5.78 Å². The number of rotatable bonds is 10. The molecule has 0 saturated carbocycles. The average molecular weight is 295 g/mol. The van der Waals surface area contributed by atoms with Crippen LogP contribution in [0.4, 0.5) is 0 Å². The first-order valence-corrected chi connectivity index (χ1v) is 8.18. The standard InChI is InChI=1S/C17H29NO3/c1-4-5-6-7-8-9-10-11-12-21-13-14-15(19)17(2,3)18-16(14)20/h13H,4-12H2,1-3H3,(H,18,20). The summed E-state index contributed by atoms with van der Waals surface area (Å²) in [5, 5.41) is 2.64. The van der Waals surface area contributed by atoms with Crippen molar-refractivity contribution in [2.24, 2.45) is 0 Å². The minimum atomic E-state index is -0.801. The number of Topliss-reactive ketones (excluding diaryl/α,β-unsaturated/α-hetero) is 1. The minimum absolute atomic E-state index is 0.138. The Morgan fingerprint density at radius 3 is 2.10 bits per heavy atom. The number of nitrogens with one attached hydrogen (secondary N) is 1. The highest BCUT2D eigenvalue weighted by atomic mass is 16.5. The van der Waals surface area contributed by atoms with Gasteiger partial charge in [-0.3, -0.25) is 9.59 Å². The van der Waals surface area contributed by atoms with E-state index in [0.29, 0.717) is 6.61 Å². The molecule has 1 saturated heterocycles. The summed E-state index contributed by atoms with van der Waals surface area (Å²) in [5.74, 6) is -0.524. The molecule has 1 amide bonds. The topological polar surface area (TPSA) is 55.4 Å². The Balaban J connectivity index is 2.10. The summed E-state index contributed by atoms with van der Waals surface area (Å²) in [6.07, 6.45) is 11.2. The van der Waals surface area contributed by atoms with Gasteiger partial charge in [0.2, 0.25) is 0 Å². The first kappa shape index (κ1) is 17.7. The summed E-state index contributed by atoms with van der Waals surface area (Å²) in [6, 6.07) is 0. The lowest BCUT2D eigenvalue weighted by atomic mass is 10.00. The fourth-order valence-electron chi connectivity index (χ4n) is 2.42. The predicted molar refractivity (Wildman–Crippen MR) is 83.9 cm³/mol. The molecule has 1 fully saturated rings. The highest BCUT2D eigenvalue weighted by Gasteiger charge is 2.42. The Morgan fingerprint density at radius 2 is 1.57 bits per heavy atom. The highest BCUT2D eigenvalue weighted by molar-refractivity contribution is 6.27. The molecule has 0 atom stereocenters. The largest absolute Gasteiger partial charge is 0.500 e. The van der Waals surface area contributed by atoms with Gasteiger partial charge in [0.05, 0.1) is 18.4 Å². The molecule has 0 unspecified atom stereocenters. The van der Waals surface area contributed by atoms with Crippen LogP contribution >= 0.6 is 0 Å². The van der Waals surface area contributed by atoms with E-state index in [4.69, 9.17) is 4.74 Å². The van der Waals surface area contributed by atoms with Crippen LogP contribution in [-0.4, -0.2) is 23.8 Å².